The van der Waals surface area contributed by atoms with Crippen molar-refractivity contribution in [2.24, 2.45) is 0 Å². The average Bonchev–Trinajstić information content (AvgIpc) is 2.65. The molecular weight excluding hydrogens is 198 g/mol. The van der Waals surface area contributed by atoms with E-state index >= 15 is 0 Å². The number of aryl methyl sites for hydroxylation is 1. The second-order valence-corrected chi connectivity index (χ2v) is 5.36. The molecule has 0 aromatic carbocycles. The molecule has 0 aliphatic carbocycles. The van der Waals surface area contributed by atoms with Crippen molar-refractivity contribution >= 4 is 0 Å². The maximum absolute atomic E-state index is 5.83. The van der Waals surface area contributed by atoms with E-state index in [1.165, 1.54) is 0 Å². The molecule has 0 bridgehead atoms. The van der Waals surface area contributed by atoms with Gasteiger partial charge in [-0.05, 0) is 25.1 Å². The molecule has 2 heteroatoms. The predicted molar refractivity (Wildman–Crippen MR) is 68.9 cm³/mol. The molecule has 1 heterocycles. The molecule has 1 rings (SSSR count). The Balaban J connectivity index is 2.55. The number of hydrogen-bond acceptors (Lipinski definition) is 2. The Morgan fingerprint density at radius 2 is 2.00 bits per heavy atom. The van der Waals surface area contributed by atoms with Crippen LogP contribution >= 0.6 is 0 Å². The minimum atomic E-state index is 0.120. The van der Waals surface area contributed by atoms with Crippen molar-refractivity contribution in [1.29, 1.82) is 0 Å². The van der Waals surface area contributed by atoms with E-state index in [9.17, 15) is 0 Å². The largest absolute Gasteiger partial charge is 0.466 e. The van der Waals surface area contributed by atoms with E-state index < -0.39 is 0 Å². The van der Waals surface area contributed by atoms with Crippen LogP contribution in [-0.4, -0.2) is 12.6 Å². The first-order valence-electron chi connectivity index (χ1n) is 6.28. The fourth-order valence-corrected chi connectivity index (χ4v) is 1.73. The first-order valence-corrected chi connectivity index (χ1v) is 6.28. The van der Waals surface area contributed by atoms with Gasteiger partial charge in [0.05, 0.1) is 0 Å². The van der Waals surface area contributed by atoms with E-state index in [0.717, 1.165) is 30.9 Å². The summed E-state index contributed by atoms with van der Waals surface area (Å²) < 4.78 is 5.83. The molecule has 0 amide bonds. The summed E-state index contributed by atoms with van der Waals surface area (Å²) >= 11 is 0. The van der Waals surface area contributed by atoms with Crippen LogP contribution < -0.4 is 5.32 Å². The molecular formula is C14H25NO. The van der Waals surface area contributed by atoms with Crippen molar-refractivity contribution in [3.8, 4) is 0 Å². The van der Waals surface area contributed by atoms with E-state index in [1.807, 2.05) is 0 Å². The van der Waals surface area contributed by atoms with Gasteiger partial charge in [0.15, 0.2) is 0 Å². The van der Waals surface area contributed by atoms with E-state index in [-0.39, 0.29) is 5.41 Å². The summed E-state index contributed by atoms with van der Waals surface area (Å²) in [7, 11) is 0. The fourth-order valence-electron chi connectivity index (χ4n) is 1.73. The fraction of sp³-hybridized carbons (Fsp3) is 0.714. The topological polar surface area (TPSA) is 25.2 Å². The van der Waals surface area contributed by atoms with Crippen LogP contribution in [0.15, 0.2) is 16.5 Å². The predicted octanol–water partition coefficient (Wildman–Crippen LogP) is 3.51. The maximum Gasteiger partial charge on any atom is 0.109 e. The lowest BCUT2D eigenvalue weighted by Gasteiger charge is -2.23. The molecule has 1 aromatic rings. The van der Waals surface area contributed by atoms with Crippen molar-refractivity contribution in [2.75, 3.05) is 6.54 Å². The van der Waals surface area contributed by atoms with Crippen molar-refractivity contribution in [3.63, 3.8) is 0 Å². The number of hydrogen-bond donors (Lipinski definition) is 1. The lowest BCUT2D eigenvalue weighted by molar-refractivity contribution is 0.342. The summed E-state index contributed by atoms with van der Waals surface area (Å²) in [6.45, 7) is 12.0. The van der Waals surface area contributed by atoms with E-state index in [1.54, 1.807) is 0 Å². The van der Waals surface area contributed by atoms with Crippen molar-refractivity contribution < 1.29 is 4.42 Å². The Labute approximate surface area is 99.4 Å². The van der Waals surface area contributed by atoms with Crippen LogP contribution in [0.3, 0.4) is 0 Å². The summed E-state index contributed by atoms with van der Waals surface area (Å²) in [6.07, 6.45) is 2.07. The van der Waals surface area contributed by atoms with Gasteiger partial charge in [0.25, 0.3) is 0 Å². The highest BCUT2D eigenvalue weighted by atomic mass is 16.3. The van der Waals surface area contributed by atoms with Gasteiger partial charge in [0.1, 0.15) is 11.5 Å². The van der Waals surface area contributed by atoms with E-state index in [4.69, 9.17) is 4.42 Å². The Morgan fingerprint density at radius 3 is 2.50 bits per heavy atom. The Bertz CT molecular complexity index is 312. The van der Waals surface area contributed by atoms with Crippen LogP contribution in [0.1, 0.15) is 52.6 Å². The second-order valence-electron chi connectivity index (χ2n) is 5.36. The quantitative estimate of drug-likeness (QED) is 0.798. The minimum Gasteiger partial charge on any atom is -0.466 e. The third kappa shape index (κ3) is 3.67. The first kappa shape index (κ1) is 13.3. The summed E-state index contributed by atoms with van der Waals surface area (Å²) in [5.41, 5.74) is 0.120. The molecule has 92 valence electrons. The van der Waals surface area contributed by atoms with E-state index in [2.05, 4.69) is 52.1 Å². The first-order chi connectivity index (χ1) is 7.45. The molecule has 0 fully saturated rings. The van der Waals surface area contributed by atoms with Gasteiger partial charge in [-0.15, -0.1) is 0 Å². The summed E-state index contributed by atoms with van der Waals surface area (Å²) in [5.74, 6) is 2.19. The average molecular weight is 223 g/mol. The molecule has 0 saturated heterocycles. The smallest absolute Gasteiger partial charge is 0.109 e. The third-order valence-corrected chi connectivity index (χ3v) is 2.98. The van der Waals surface area contributed by atoms with Gasteiger partial charge in [-0.3, -0.25) is 0 Å². The summed E-state index contributed by atoms with van der Waals surface area (Å²) in [5, 5.41) is 3.45. The normalized spacial score (nSPS) is 12.4. The molecule has 16 heavy (non-hydrogen) atoms. The van der Waals surface area contributed by atoms with Crippen LogP contribution in [0.4, 0.5) is 0 Å². The standard InChI is InChI=1S/C14H25NO/c1-6-12-7-8-13(16-12)14(4,5)9-10-15-11(2)3/h7-8,11,15H,6,9-10H2,1-5H3. The highest BCUT2D eigenvalue weighted by Crippen LogP contribution is 2.28. The monoisotopic (exact) mass is 223 g/mol. The van der Waals surface area contributed by atoms with Gasteiger partial charge in [0, 0.05) is 17.9 Å². The Hall–Kier alpha value is -0.760. The van der Waals surface area contributed by atoms with Crippen molar-refractivity contribution in [1.82, 2.24) is 5.32 Å². The number of nitrogens with one attached hydrogen (secondary N) is 1. The number of rotatable bonds is 6. The molecule has 1 N–H and O–H groups in total. The lowest BCUT2D eigenvalue weighted by Crippen LogP contribution is -2.29. The van der Waals surface area contributed by atoms with Gasteiger partial charge in [-0.25, -0.2) is 0 Å². The highest BCUT2D eigenvalue weighted by Gasteiger charge is 2.23. The van der Waals surface area contributed by atoms with Crippen LogP contribution in [0.2, 0.25) is 0 Å². The Morgan fingerprint density at radius 1 is 1.31 bits per heavy atom. The molecule has 1 aromatic heterocycles. The van der Waals surface area contributed by atoms with Gasteiger partial charge in [-0.2, -0.15) is 0 Å². The van der Waals surface area contributed by atoms with Gasteiger partial charge in [-0.1, -0.05) is 34.6 Å². The SMILES string of the molecule is CCc1ccc(C(C)(C)CCNC(C)C)o1. The van der Waals surface area contributed by atoms with Crippen molar-refractivity contribution in [3.05, 3.63) is 23.7 Å². The lowest BCUT2D eigenvalue weighted by atomic mass is 9.86. The zero-order chi connectivity index (χ0) is 12.2. The summed E-state index contributed by atoms with van der Waals surface area (Å²) in [6, 6.07) is 4.76. The zero-order valence-corrected chi connectivity index (χ0v) is 11.3. The molecule has 0 atom stereocenters. The van der Waals surface area contributed by atoms with Crippen molar-refractivity contribution in [2.45, 2.75) is 58.9 Å². The highest BCUT2D eigenvalue weighted by molar-refractivity contribution is 5.15. The minimum absolute atomic E-state index is 0.120. The third-order valence-electron chi connectivity index (χ3n) is 2.98. The van der Waals surface area contributed by atoms with E-state index in [0.29, 0.717) is 6.04 Å². The molecule has 0 saturated carbocycles. The molecule has 0 spiro atoms. The van der Waals surface area contributed by atoms with Gasteiger partial charge >= 0.3 is 0 Å². The van der Waals surface area contributed by atoms with Gasteiger partial charge < -0.3 is 9.73 Å². The van der Waals surface area contributed by atoms with Crippen LogP contribution in [0.5, 0.6) is 0 Å². The summed E-state index contributed by atoms with van der Waals surface area (Å²) in [4.78, 5) is 0. The maximum atomic E-state index is 5.83. The molecule has 0 radical (unpaired) electrons. The van der Waals surface area contributed by atoms with Crippen LogP contribution in [-0.2, 0) is 11.8 Å². The van der Waals surface area contributed by atoms with Gasteiger partial charge in [0.2, 0.25) is 0 Å². The second kappa shape index (κ2) is 5.53. The number of furan rings is 1. The molecule has 0 aliphatic rings. The van der Waals surface area contributed by atoms with Crippen LogP contribution in [0.25, 0.3) is 0 Å². The molecule has 0 unspecified atom stereocenters. The molecule has 2 nitrogen and oxygen atoms in total. The Kier molecular flexibility index (Phi) is 4.60. The zero-order valence-electron chi connectivity index (χ0n) is 11.3. The van der Waals surface area contributed by atoms with Crippen LogP contribution in [0, 0.1) is 0 Å². The molecule has 0 aliphatic heterocycles.